The molecule has 0 saturated carbocycles. The Bertz CT molecular complexity index is 1350. The van der Waals surface area contributed by atoms with Gasteiger partial charge in [0.1, 0.15) is 17.6 Å². The fraction of sp³-hybridized carbons (Fsp3) is 0.435. The number of fused-ring (bicyclic) bond motifs is 1. The molecule has 1 aliphatic rings. The molecule has 1 aliphatic heterocycles. The molecule has 12 nitrogen and oxygen atoms in total. The SMILES string of the molecule is COC(OC)[C@]1(C)Oc2ccc(OS(C)(=O)=O)cc2[C@H](N(Cc2nnn(C)n2)c2ccc(Cl)cc2)[C@H]1O. The summed E-state index contributed by atoms with van der Waals surface area (Å²) >= 11 is 6.15. The lowest BCUT2D eigenvalue weighted by atomic mass is 9.83. The van der Waals surface area contributed by atoms with Crippen molar-refractivity contribution >= 4 is 27.4 Å². The van der Waals surface area contributed by atoms with Crippen molar-refractivity contribution in [2.45, 2.75) is 37.5 Å². The molecule has 0 aliphatic carbocycles. The van der Waals surface area contributed by atoms with Crippen LogP contribution < -0.4 is 13.8 Å². The van der Waals surface area contributed by atoms with E-state index in [1.54, 1.807) is 44.3 Å². The molecule has 1 aromatic heterocycles. The Morgan fingerprint density at radius 2 is 1.89 bits per heavy atom. The van der Waals surface area contributed by atoms with Crippen molar-refractivity contribution in [3.8, 4) is 11.5 Å². The molecular weight excluding hydrogens is 526 g/mol. The number of hydrogen-bond donors (Lipinski definition) is 1. The summed E-state index contributed by atoms with van der Waals surface area (Å²) in [6.07, 6.45) is -1.26. The average Bonchev–Trinajstić information content (AvgIpc) is 3.24. The average molecular weight is 554 g/mol. The van der Waals surface area contributed by atoms with E-state index < -0.39 is 34.2 Å². The number of anilines is 1. The Kier molecular flexibility index (Phi) is 7.62. The van der Waals surface area contributed by atoms with E-state index in [1.807, 2.05) is 4.90 Å². The first-order valence-corrected chi connectivity index (χ1v) is 13.4. The van der Waals surface area contributed by atoms with E-state index >= 15 is 0 Å². The second kappa shape index (κ2) is 10.4. The van der Waals surface area contributed by atoms with Gasteiger partial charge >= 0.3 is 10.1 Å². The van der Waals surface area contributed by atoms with Gasteiger partial charge in [0.15, 0.2) is 17.7 Å². The zero-order valence-corrected chi connectivity index (χ0v) is 22.5. The van der Waals surface area contributed by atoms with Gasteiger partial charge in [-0.2, -0.15) is 13.2 Å². The maximum absolute atomic E-state index is 11.9. The summed E-state index contributed by atoms with van der Waals surface area (Å²) < 4.78 is 46.0. The Labute approximate surface area is 219 Å². The van der Waals surface area contributed by atoms with Gasteiger partial charge in [-0.05, 0) is 54.6 Å². The van der Waals surface area contributed by atoms with Crippen molar-refractivity contribution in [3.63, 3.8) is 0 Å². The summed E-state index contributed by atoms with van der Waals surface area (Å²) in [7, 11) is 0.740. The number of aromatic nitrogens is 4. The van der Waals surface area contributed by atoms with Gasteiger partial charge in [-0.25, -0.2) is 0 Å². The van der Waals surface area contributed by atoms with E-state index in [2.05, 4.69) is 15.4 Å². The first-order chi connectivity index (χ1) is 17.4. The number of tetrazole rings is 1. The second-order valence-corrected chi connectivity index (χ2v) is 10.8. The molecule has 200 valence electrons. The first-order valence-electron chi connectivity index (χ1n) is 11.2. The molecule has 0 amide bonds. The number of rotatable bonds is 9. The molecule has 4 rings (SSSR count). The molecule has 14 heteroatoms. The van der Waals surface area contributed by atoms with E-state index in [9.17, 15) is 13.5 Å². The molecule has 1 N–H and O–H groups in total. The monoisotopic (exact) mass is 553 g/mol. The van der Waals surface area contributed by atoms with Gasteiger partial charge in [-0.3, -0.25) is 0 Å². The van der Waals surface area contributed by atoms with E-state index in [-0.39, 0.29) is 12.3 Å². The normalized spacial score (nSPS) is 21.4. The quantitative estimate of drug-likeness (QED) is 0.308. The molecule has 3 atom stereocenters. The number of aryl methyl sites for hydroxylation is 1. The third-order valence-corrected chi connectivity index (χ3v) is 6.76. The molecule has 0 unspecified atom stereocenters. The number of hydrogen-bond acceptors (Lipinski definition) is 11. The summed E-state index contributed by atoms with van der Waals surface area (Å²) in [5.41, 5.74) is -0.228. The highest BCUT2D eigenvalue weighted by atomic mass is 35.5. The van der Waals surface area contributed by atoms with E-state index in [0.29, 0.717) is 27.8 Å². The highest BCUT2D eigenvalue weighted by molar-refractivity contribution is 7.86. The van der Waals surface area contributed by atoms with Crippen molar-refractivity contribution in [2.75, 3.05) is 25.4 Å². The number of methoxy groups -OCH3 is 2. The van der Waals surface area contributed by atoms with Crippen LogP contribution in [0.4, 0.5) is 5.69 Å². The summed E-state index contributed by atoms with van der Waals surface area (Å²) in [4.78, 5) is 3.18. The van der Waals surface area contributed by atoms with Crippen molar-refractivity contribution in [3.05, 3.63) is 58.9 Å². The van der Waals surface area contributed by atoms with Crippen LogP contribution in [0.5, 0.6) is 11.5 Å². The number of halogens is 1. The van der Waals surface area contributed by atoms with Gasteiger partial charge in [0.05, 0.1) is 25.9 Å². The Morgan fingerprint density at radius 3 is 2.46 bits per heavy atom. The Balaban J connectivity index is 1.92. The molecule has 2 heterocycles. The summed E-state index contributed by atoms with van der Waals surface area (Å²) in [5, 5.41) is 24.7. The van der Waals surface area contributed by atoms with Crippen molar-refractivity contribution < 1.29 is 31.9 Å². The van der Waals surface area contributed by atoms with Crippen LogP contribution >= 0.6 is 11.6 Å². The molecule has 0 bridgehead atoms. The number of ether oxygens (including phenoxy) is 3. The molecule has 0 fully saturated rings. The van der Waals surface area contributed by atoms with Crippen molar-refractivity contribution in [1.29, 1.82) is 0 Å². The number of aliphatic hydroxyl groups is 1. The highest BCUT2D eigenvalue weighted by Crippen LogP contribution is 2.47. The fourth-order valence-corrected chi connectivity index (χ4v) is 5.05. The molecular formula is C23H28ClN5O7S. The number of benzene rings is 2. The lowest BCUT2D eigenvalue weighted by Gasteiger charge is -2.49. The summed E-state index contributed by atoms with van der Waals surface area (Å²) in [5.74, 6) is 0.830. The molecule has 0 radical (unpaired) electrons. The second-order valence-electron chi connectivity index (χ2n) is 8.77. The van der Waals surface area contributed by atoms with E-state index in [4.69, 9.17) is 30.0 Å². The van der Waals surface area contributed by atoms with Gasteiger partial charge in [-0.15, -0.1) is 10.2 Å². The minimum atomic E-state index is -3.80. The maximum Gasteiger partial charge on any atom is 0.306 e. The van der Waals surface area contributed by atoms with Crippen molar-refractivity contribution in [2.24, 2.45) is 7.05 Å². The summed E-state index contributed by atoms with van der Waals surface area (Å²) in [6.45, 7) is 1.81. The minimum absolute atomic E-state index is 0.0642. The smallest absolute Gasteiger partial charge is 0.306 e. The summed E-state index contributed by atoms with van der Waals surface area (Å²) in [6, 6.07) is 10.8. The maximum atomic E-state index is 11.9. The van der Waals surface area contributed by atoms with Gasteiger partial charge in [-0.1, -0.05) is 11.6 Å². The fourth-order valence-electron chi connectivity index (χ4n) is 4.47. The molecule has 0 saturated heterocycles. The third-order valence-electron chi connectivity index (χ3n) is 6.02. The predicted octanol–water partition coefficient (Wildman–Crippen LogP) is 2.08. The van der Waals surface area contributed by atoms with Crippen LogP contribution in [0.15, 0.2) is 42.5 Å². The molecule has 3 aromatic rings. The van der Waals surface area contributed by atoms with Crippen LogP contribution in [-0.4, -0.2) is 72.2 Å². The Hall–Kier alpha value is -2.97. The molecule has 37 heavy (non-hydrogen) atoms. The highest BCUT2D eigenvalue weighted by Gasteiger charge is 2.54. The topological polar surface area (TPSA) is 138 Å². The third kappa shape index (κ3) is 5.65. The van der Waals surface area contributed by atoms with Crippen LogP contribution in [0.2, 0.25) is 5.02 Å². The Morgan fingerprint density at radius 1 is 1.22 bits per heavy atom. The van der Waals surface area contributed by atoms with Crippen LogP contribution in [0, 0.1) is 0 Å². The van der Waals surface area contributed by atoms with E-state index in [0.717, 1.165) is 6.26 Å². The van der Waals surface area contributed by atoms with Crippen LogP contribution in [0.1, 0.15) is 24.4 Å². The lowest BCUT2D eigenvalue weighted by Crippen LogP contribution is -2.62. The number of aliphatic hydroxyl groups excluding tert-OH is 1. The zero-order chi connectivity index (χ0) is 27.0. The first kappa shape index (κ1) is 27.1. The van der Waals surface area contributed by atoms with Crippen LogP contribution in [-0.2, 0) is 33.2 Å². The van der Waals surface area contributed by atoms with Gasteiger partial charge in [0.25, 0.3) is 0 Å². The standard InChI is InChI=1S/C23H28ClN5O7S/c1-23(22(33-3)34-4)21(30)20(17-12-16(36-37(5,31)32)10-11-18(17)35-23)29(13-19-25-27-28(2)26-19)15-8-6-14(24)7-9-15/h6-12,20-22,30H,13H2,1-5H3/t20-,21+,23+/m0/s1. The van der Waals surface area contributed by atoms with Crippen LogP contribution in [0.25, 0.3) is 0 Å². The predicted molar refractivity (Wildman–Crippen MR) is 134 cm³/mol. The van der Waals surface area contributed by atoms with Gasteiger partial charge in [0.2, 0.25) is 0 Å². The van der Waals surface area contributed by atoms with Gasteiger partial charge in [0, 0.05) is 30.5 Å². The van der Waals surface area contributed by atoms with Gasteiger partial charge < -0.3 is 28.4 Å². The zero-order valence-electron chi connectivity index (χ0n) is 20.9. The molecule has 0 spiro atoms. The van der Waals surface area contributed by atoms with Crippen molar-refractivity contribution in [1.82, 2.24) is 20.2 Å². The van der Waals surface area contributed by atoms with E-state index in [1.165, 1.54) is 31.1 Å². The largest absolute Gasteiger partial charge is 0.479 e. The molecule has 2 aromatic carbocycles. The number of nitrogens with zero attached hydrogens (tertiary/aromatic N) is 5. The van der Waals surface area contributed by atoms with Crippen LogP contribution in [0.3, 0.4) is 0 Å². The minimum Gasteiger partial charge on any atom is -0.479 e. The lowest BCUT2D eigenvalue weighted by molar-refractivity contribution is -0.237.